The molecule has 0 aromatic heterocycles. The molecular weight excluding hydrogens is 780 g/mol. The van der Waals surface area contributed by atoms with E-state index in [0.717, 1.165) is 74.5 Å². The quantitative estimate of drug-likeness (QED) is 0.0809. The summed E-state index contributed by atoms with van der Waals surface area (Å²) in [6.07, 6.45) is 17.2. The minimum absolute atomic E-state index is 0.341. The molecule has 0 bridgehead atoms. The number of hydrogen-bond donors (Lipinski definition) is 0. The monoisotopic (exact) mass is 836 g/mol. The van der Waals surface area contributed by atoms with Crippen LogP contribution < -0.4 is 13.6 Å². The van der Waals surface area contributed by atoms with Crippen LogP contribution in [0.4, 0.5) is 0 Å². The predicted molar refractivity (Wildman–Crippen MR) is 259 cm³/mol. The van der Waals surface area contributed by atoms with Gasteiger partial charge in [-0.1, -0.05) is 187 Å². The molecule has 0 N–H and O–H groups in total. The summed E-state index contributed by atoms with van der Waals surface area (Å²) in [4.78, 5) is 0. The van der Waals surface area contributed by atoms with Crippen LogP contribution in [0.5, 0.6) is 17.2 Å². The Balaban J connectivity index is 0.985. The Morgan fingerprint density at radius 1 is 0.387 bits per heavy atom. The lowest BCUT2D eigenvalue weighted by Gasteiger charge is -2.21. The van der Waals surface area contributed by atoms with Crippen molar-refractivity contribution in [2.24, 2.45) is 0 Å². The largest absolute Gasteiger partial charge is 0.647 e. The van der Waals surface area contributed by atoms with Gasteiger partial charge in [0, 0.05) is 17.8 Å². The summed E-state index contributed by atoms with van der Waals surface area (Å²) in [5.74, 6) is 2.25. The van der Waals surface area contributed by atoms with Crippen molar-refractivity contribution in [1.29, 1.82) is 0 Å². The molecule has 0 saturated heterocycles. The molecule has 0 saturated carbocycles. The van der Waals surface area contributed by atoms with E-state index in [0.29, 0.717) is 35.0 Å². The summed E-state index contributed by atoms with van der Waals surface area (Å²) in [6, 6.07) is 49.7. The molecule has 4 nitrogen and oxygen atoms in total. The van der Waals surface area contributed by atoms with Crippen molar-refractivity contribution in [2.75, 3.05) is 0 Å². The Labute approximate surface area is 368 Å². The van der Waals surface area contributed by atoms with Crippen molar-refractivity contribution >= 4 is 42.8 Å². The van der Waals surface area contributed by atoms with E-state index in [4.69, 9.17) is 13.6 Å². The number of fused-ring (bicyclic) bond motifs is 3. The molecule has 0 radical (unpaired) electrons. The van der Waals surface area contributed by atoms with Gasteiger partial charge in [-0.2, -0.15) is 4.57 Å². The van der Waals surface area contributed by atoms with Gasteiger partial charge in [0.25, 0.3) is 0 Å². The van der Waals surface area contributed by atoms with Gasteiger partial charge in [0.2, 0.25) is 0 Å². The van der Waals surface area contributed by atoms with Gasteiger partial charge in [0.15, 0.2) is 0 Å². The van der Waals surface area contributed by atoms with Gasteiger partial charge in [-0.15, -0.1) is 0 Å². The number of unbranched alkanes of at least 4 members (excludes halogenated alkanes) is 3. The van der Waals surface area contributed by atoms with Crippen molar-refractivity contribution in [3.8, 4) is 17.2 Å². The molecule has 9 rings (SSSR count). The fourth-order valence-corrected chi connectivity index (χ4v) is 11.0. The molecule has 0 amide bonds. The third kappa shape index (κ3) is 8.77. The van der Waals surface area contributed by atoms with Gasteiger partial charge in [-0.05, 0) is 122 Å². The molecule has 0 spiro atoms. The van der Waals surface area contributed by atoms with Gasteiger partial charge in [0.1, 0.15) is 17.2 Å². The predicted octanol–water partition coefficient (Wildman–Crippen LogP) is 16.8. The third-order valence-electron chi connectivity index (χ3n) is 12.9. The molecule has 0 heterocycles. The molecule has 3 aliphatic rings. The molecule has 6 aromatic rings. The van der Waals surface area contributed by atoms with Crippen LogP contribution in [0, 0.1) is 0 Å². The molecule has 0 fully saturated rings. The van der Waals surface area contributed by atoms with E-state index >= 15 is 4.57 Å². The van der Waals surface area contributed by atoms with Gasteiger partial charge in [-0.3, -0.25) is 0 Å². The highest BCUT2D eigenvalue weighted by Crippen LogP contribution is 2.52. The topological polar surface area (TPSA) is 44.8 Å². The van der Waals surface area contributed by atoms with Crippen LogP contribution in [-0.2, 0) is 4.57 Å². The van der Waals surface area contributed by atoms with Crippen LogP contribution in [0.1, 0.15) is 146 Å². The van der Waals surface area contributed by atoms with Crippen LogP contribution in [0.3, 0.4) is 0 Å². The van der Waals surface area contributed by atoms with Crippen LogP contribution in [0.15, 0.2) is 146 Å². The maximum atomic E-state index is 15.0. The highest BCUT2D eigenvalue weighted by atomic mass is 31.2. The second kappa shape index (κ2) is 18.6. The maximum absolute atomic E-state index is 15.0. The lowest BCUT2D eigenvalue weighted by Crippen LogP contribution is -2.08. The molecule has 0 aliphatic heterocycles. The first-order valence-electron chi connectivity index (χ1n) is 22.8. The lowest BCUT2D eigenvalue weighted by molar-refractivity contribution is 0.298. The molecular formula is C57H57O4P. The Morgan fingerprint density at radius 3 is 0.935 bits per heavy atom. The average molecular weight is 837 g/mol. The minimum atomic E-state index is -4.27. The molecule has 6 aromatic carbocycles. The van der Waals surface area contributed by atoms with Gasteiger partial charge in [0.05, 0.1) is 0 Å². The van der Waals surface area contributed by atoms with Crippen molar-refractivity contribution in [1.82, 2.24) is 0 Å². The van der Waals surface area contributed by atoms with Crippen molar-refractivity contribution in [2.45, 2.75) is 96.3 Å². The average Bonchev–Trinajstić information content (AvgIpc) is 3.99. The van der Waals surface area contributed by atoms with E-state index in [9.17, 15) is 0 Å². The number of phosphoric ester groups is 1. The third-order valence-corrected chi connectivity index (χ3v) is 14.2. The van der Waals surface area contributed by atoms with E-state index in [1.807, 2.05) is 36.4 Å². The Hall–Kier alpha value is -5.83. The second-order valence-corrected chi connectivity index (χ2v) is 18.5. The first kappa shape index (κ1) is 41.5. The summed E-state index contributed by atoms with van der Waals surface area (Å²) in [7, 11) is -4.27. The SMILES string of the molecule is CCCCC1C(c2ccc(OP(=O)(Oc3ccc(C4=Cc5ccccc5C4CCCC)cc3)Oc3ccc(C4=Cc5ccccc5C4CCCC)cc3)cc2)=Cc2ccccc21. The first-order chi connectivity index (χ1) is 30.4. The smallest absolute Gasteiger partial charge is 0.386 e. The highest BCUT2D eigenvalue weighted by Gasteiger charge is 2.35. The number of rotatable bonds is 18. The van der Waals surface area contributed by atoms with Crippen LogP contribution in [-0.4, -0.2) is 0 Å². The summed E-state index contributed by atoms with van der Waals surface area (Å²) >= 11 is 0. The van der Waals surface area contributed by atoms with E-state index in [1.54, 1.807) is 0 Å². The fraction of sp³-hybridized carbons (Fsp3) is 0.263. The summed E-state index contributed by atoms with van der Waals surface area (Å²) < 4.78 is 34.0. The second-order valence-electron chi connectivity index (χ2n) is 17.1. The zero-order chi connectivity index (χ0) is 42.5. The lowest BCUT2D eigenvalue weighted by atomic mass is 9.87. The van der Waals surface area contributed by atoms with Crippen molar-refractivity contribution in [3.63, 3.8) is 0 Å². The summed E-state index contributed by atoms with van der Waals surface area (Å²) in [5, 5.41) is 0. The molecule has 3 unspecified atom stereocenters. The molecule has 3 atom stereocenters. The van der Waals surface area contributed by atoms with Crippen LogP contribution in [0.25, 0.3) is 34.9 Å². The molecule has 5 heteroatoms. The first-order valence-corrected chi connectivity index (χ1v) is 24.3. The van der Waals surface area contributed by atoms with E-state index < -0.39 is 7.82 Å². The summed E-state index contributed by atoms with van der Waals surface area (Å²) in [5.41, 5.74) is 15.3. The molecule has 62 heavy (non-hydrogen) atoms. The number of allylic oxidation sites excluding steroid dienone is 3. The van der Waals surface area contributed by atoms with Crippen LogP contribution >= 0.6 is 7.82 Å². The Kier molecular flexibility index (Phi) is 12.5. The number of phosphoric acid groups is 1. The van der Waals surface area contributed by atoms with Gasteiger partial charge < -0.3 is 13.6 Å². The number of benzene rings is 6. The van der Waals surface area contributed by atoms with E-state index in [2.05, 4.69) is 148 Å². The van der Waals surface area contributed by atoms with Gasteiger partial charge >= 0.3 is 7.82 Å². The maximum Gasteiger partial charge on any atom is 0.647 e. The molecule has 3 aliphatic carbocycles. The summed E-state index contributed by atoms with van der Waals surface area (Å²) in [6.45, 7) is 6.73. The Bertz CT molecular complexity index is 2360. The van der Waals surface area contributed by atoms with E-state index in [-0.39, 0.29) is 0 Å². The zero-order valence-corrected chi connectivity index (χ0v) is 37.2. The number of hydrogen-bond acceptors (Lipinski definition) is 4. The molecule has 314 valence electrons. The fourth-order valence-electron chi connectivity index (χ4n) is 9.77. The Morgan fingerprint density at radius 2 is 0.661 bits per heavy atom. The normalized spacial score (nSPS) is 18.2. The standard InChI is InChI=1S/C57H57O4P/c1-4-7-19-52-49-22-13-10-16-43(49)37-55(52)40-25-31-46(32-26-40)59-62(58,60-47-33-27-41(28-34-47)56-38-44-17-11-14-23-50(44)53(56)20-8-5-2)61-48-35-29-42(30-36-48)57-39-45-18-12-15-24-51(45)54(57)21-9-6-3/h10-18,22-39,52-54H,4-9,19-21H2,1-3H3. The van der Waals surface area contributed by atoms with Crippen molar-refractivity contribution < 1.29 is 18.1 Å². The van der Waals surface area contributed by atoms with E-state index in [1.165, 1.54) is 50.1 Å². The van der Waals surface area contributed by atoms with Crippen molar-refractivity contribution in [3.05, 3.63) is 196 Å². The van der Waals surface area contributed by atoms with Gasteiger partial charge in [-0.25, -0.2) is 0 Å². The van der Waals surface area contributed by atoms with Crippen LogP contribution in [0.2, 0.25) is 0 Å². The zero-order valence-electron chi connectivity index (χ0n) is 36.3. The minimum Gasteiger partial charge on any atom is -0.386 e. The highest BCUT2D eigenvalue weighted by molar-refractivity contribution is 7.49.